The van der Waals surface area contributed by atoms with Crippen molar-refractivity contribution in [2.24, 2.45) is 5.92 Å². The van der Waals surface area contributed by atoms with Gasteiger partial charge >= 0.3 is 11.9 Å². The Morgan fingerprint density at radius 2 is 1.03 bits per heavy atom. The van der Waals surface area contributed by atoms with Gasteiger partial charge in [-0.05, 0) is 18.6 Å². The lowest BCUT2D eigenvalue weighted by atomic mass is 10.0. The third kappa shape index (κ3) is 7.25. The molecule has 0 aliphatic carbocycles. The van der Waals surface area contributed by atoms with E-state index in [0.717, 1.165) is 36.4 Å². The fraction of sp³-hybridized carbons (Fsp3) is 0.364. The summed E-state index contributed by atoms with van der Waals surface area (Å²) < 4.78 is 10.1. The molecule has 0 aromatic heterocycles. The van der Waals surface area contributed by atoms with Crippen molar-refractivity contribution in [3.05, 3.63) is 88.0 Å². The van der Waals surface area contributed by atoms with Gasteiger partial charge in [-0.2, -0.15) is 0 Å². The van der Waals surface area contributed by atoms with Crippen LogP contribution in [0.3, 0.4) is 0 Å². The number of ether oxygens (including phenoxy) is 2. The molecule has 2 aromatic rings. The van der Waals surface area contributed by atoms with Crippen molar-refractivity contribution in [1.29, 1.82) is 0 Å². The third-order valence-corrected chi connectivity index (χ3v) is 5.42. The third-order valence-electron chi connectivity index (χ3n) is 5.42. The molecule has 16 nitrogen and oxygen atoms in total. The highest BCUT2D eigenvalue weighted by Gasteiger charge is 2.33. The summed E-state index contributed by atoms with van der Waals surface area (Å²) in [5.41, 5.74) is -3.65. The van der Waals surface area contributed by atoms with Gasteiger partial charge < -0.3 is 9.47 Å². The highest BCUT2D eigenvalue weighted by atomic mass is 16.6. The Balaban J connectivity index is 2.28. The molecule has 0 amide bonds. The van der Waals surface area contributed by atoms with E-state index < -0.39 is 84.6 Å². The van der Waals surface area contributed by atoms with E-state index >= 15 is 0 Å². The molecule has 2 aromatic carbocycles. The average Bonchev–Trinajstić information content (AvgIpc) is 2.87. The van der Waals surface area contributed by atoms with E-state index in [0.29, 0.717) is 19.3 Å². The Morgan fingerprint density at radius 3 is 1.32 bits per heavy atom. The molecule has 0 aliphatic heterocycles. The molecule has 0 fully saturated rings. The molecule has 0 saturated carbocycles. The van der Waals surface area contributed by atoms with E-state index in [1.165, 1.54) is 0 Å². The summed E-state index contributed by atoms with van der Waals surface area (Å²) in [6.45, 7) is 0.0754. The van der Waals surface area contributed by atoms with Crippen LogP contribution in [-0.2, 0) is 32.3 Å². The number of rotatable bonds is 14. The van der Waals surface area contributed by atoms with E-state index in [1.54, 1.807) is 0 Å². The molecule has 0 saturated heterocycles. The minimum atomic E-state index is -1.59. The van der Waals surface area contributed by atoms with Crippen LogP contribution in [0.1, 0.15) is 43.7 Å². The van der Waals surface area contributed by atoms with Crippen molar-refractivity contribution in [3.63, 3.8) is 0 Å². The number of carbonyl (C=O) groups is 2. The Morgan fingerprint density at radius 1 is 0.684 bits per heavy atom. The van der Waals surface area contributed by atoms with E-state index in [9.17, 15) is 50.0 Å². The van der Waals surface area contributed by atoms with Crippen LogP contribution in [0.4, 0.5) is 22.7 Å². The zero-order chi connectivity index (χ0) is 28.4. The maximum Gasteiger partial charge on any atom is 0.320 e. The predicted molar refractivity (Wildman–Crippen MR) is 127 cm³/mol. The molecular formula is C22H22N4O12. The van der Waals surface area contributed by atoms with Gasteiger partial charge in [-0.25, -0.2) is 0 Å². The number of hydrogen-bond acceptors (Lipinski definition) is 12. The maximum absolute atomic E-state index is 12.8. The van der Waals surface area contributed by atoms with E-state index in [1.807, 2.05) is 6.92 Å². The summed E-state index contributed by atoms with van der Waals surface area (Å²) in [6.07, 6.45) is 1.57. The smallest absolute Gasteiger partial charge is 0.320 e. The standard InChI is InChI=1S/C22H22N4O12/c1-2-3-4-7-14(21(27)37-12-15-17(23(29)30)8-5-9-18(15)24(31)32)22(28)38-13-16-19(25(33)34)10-6-11-20(16)26(35)36/h5-6,8-11,14H,2-4,7,12-13H2,1H3. The van der Waals surface area contributed by atoms with Crippen molar-refractivity contribution in [2.45, 2.75) is 45.8 Å². The molecular weight excluding hydrogens is 512 g/mol. The molecule has 0 radical (unpaired) electrons. The number of benzene rings is 2. The highest BCUT2D eigenvalue weighted by Crippen LogP contribution is 2.31. The summed E-state index contributed by atoms with van der Waals surface area (Å²) in [4.78, 5) is 67.3. The van der Waals surface area contributed by atoms with Crippen molar-refractivity contribution in [2.75, 3.05) is 0 Å². The first kappa shape index (κ1) is 29.2. The van der Waals surface area contributed by atoms with Gasteiger partial charge in [0.05, 0.1) is 19.7 Å². The van der Waals surface area contributed by atoms with Crippen LogP contribution in [0.2, 0.25) is 0 Å². The van der Waals surface area contributed by atoms with Gasteiger partial charge in [0.15, 0.2) is 5.92 Å². The van der Waals surface area contributed by atoms with Crippen molar-refractivity contribution < 1.29 is 38.8 Å². The Labute approximate surface area is 213 Å². The Kier molecular flexibility index (Phi) is 10.2. The molecule has 0 spiro atoms. The van der Waals surface area contributed by atoms with E-state index in [-0.39, 0.29) is 6.42 Å². The quantitative estimate of drug-likeness (QED) is 0.109. The summed E-state index contributed by atoms with van der Waals surface area (Å²) in [7, 11) is 0. The van der Waals surface area contributed by atoms with Gasteiger partial charge in [0.1, 0.15) is 24.3 Å². The van der Waals surface area contributed by atoms with Gasteiger partial charge in [-0.3, -0.25) is 50.0 Å². The number of unbranched alkanes of at least 4 members (excludes halogenated alkanes) is 2. The molecule has 0 atom stereocenters. The van der Waals surface area contributed by atoms with Crippen molar-refractivity contribution in [1.82, 2.24) is 0 Å². The minimum Gasteiger partial charge on any atom is -0.460 e. The lowest BCUT2D eigenvalue weighted by molar-refractivity contribution is -0.396. The number of carbonyl (C=O) groups excluding carboxylic acids is 2. The normalized spacial score (nSPS) is 10.6. The molecule has 38 heavy (non-hydrogen) atoms. The van der Waals surface area contributed by atoms with Gasteiger partial charge in [0, 0.05) is 24.3 Å². The zero-order valence-corrected chi connectivity index (χ0v) is 20.0. The lowest BCUT2D eigenvalue weighted by Gasteiger charge is -2.15. The van der Waals surface area contributed by atoms with Crippen LogP contribution in [0.5, 0.6) is 0 Å². The molecule has 16 heteroatoms. The minimum absolute atomic E-state index is 0.0938. The van der Waals surface area contributed by atoms with E-state index in [2.05, 4.69) is 0 Å². The maximum atomic E-state index is 12.8. The number of hydrogen-bond donors (Lipinski definition) is 0. The lowest BCUT2D eigenvalue weighted by Crippen LogP contribution is -2.28. The van der Waals surface area contributed by atoms with Gasteiger partial charge in [-0.15, -0.1) is 0 Å². The molecule has 0 unspecified atom stereocenters. The van der Waals surface area contributed by atoms with Crippen LogP contribution in [0.25, 0.3) is 0 Å². The van der Waals surface area contributed by atoms with Gasteiger partial charge in [-0.1, -0.05) is 26.2 Å². The van der Waals surface area contributed by atoms with Gasteiger partial charge in [0.2, 0.25) is 0 Å². The largest absolute Gasteiger partial charge is 0.460 e. The first-order chi connectivity index (χ1) is 18.0. The zero-order valence-electron chi connectivity index (χ0n) is 20.0. The molecule has 0 bridgehead atoms. The monoisotopic (exact) mass is 534 g/mol. The second-order valence-corrected chi connectivity index (χ2v) is 7.84. The molecule has 0 heterocycles. The Hall–Kier alpha value is -5.02. The summed E-state index contributed by atoms with van der Waals surface area (Å²) in [6, 6.07) is 6.14. The van der Waals surface area contributed by atoms with E-state index in [4.69, 9.17) is 9.47 Å². The Bertz CT molecular complexity index is 1110. The molecule has 0 N–H and O–H groups in total. The van der Waals surface area contributed by atoms with Crippen molar-refractivity contribution >= 4 is 34.7 Å². The van der Waals surface area contributed by atoms with Crippen LogP contribution in [0, 0.1) is 46.4 Å². The van der Waals surface area contributed by atoms with Gasteiger partial charge in [0.25, 0.3) is 22.7 Å². The number of nitro benzene ring substituents is 4. The first-order valence-electron chi connectivity index (χ1n) is 11.1. The SMILES string of the molecule is CCCCCC(C(=O)OCc1c([N+](=O)[O-])cccc1[N+](=O)[O-])C(=O)OCc1c([N+](=O)[O-])cccc1[N+](=O)[O-]. The summed E-state index contributed by atoms with van der Waals surface area (Å²) >= 11 is 0. The topological polar surface area (TPSA) is 225 Å². The average molecular weight is 534 g/mol. The fourth-order valence-electron chi connectivity index (χ4n) is 3.52. The van der Waals surface area contributed by atoms with Crippen LogP contribution in [0.15, 0.2) is 36.4 Å². The second-order valence-electron chi connectivity index (χ2n) is 7.84. The second kappa shape index (κ2) is 13.3. The summed E-state index contributed by atoms with van der Waals surface area (Å²) in [5, 5.41) is 45.2. The molecule has 202 valence electrons. The van der Waals surface area contributed by atoms with Crippen LogP contribution < -0.4 is 0 Å². The first-order valence-corrected chi connectivity index (χ1v) is 11.1. The fourth-order valence-corrected chi connectivity index (χ4v) is 3.52. The summed E-state index contributed by atoms with van der Waals surface area (Å²) in [5.74, 6) is -3.99. The molecule has 0 aliphatic rings. The highest BCUT2D eigenvalue weighted by molar-refractivity contribution is 5.95. The number of nitro groups is 4. The van der Waals surface area contributed by atoms with Crippen LogP contribution in [-0.4, -0.2) is 31.6 Å². The molecule has 2 rings (SSSR count). The van der Waals surface area contributed by atoms with Crippen LogP contribution >= 0.6 is 0 Å². The predicted octanol–water partition coefficient (Wildman–Crippen LogP) is 4.30. The van der Waals surface area contributed by atoms with Crippen molar-refractivity contribution in [3.8, 4) is 0 Å². The number of esters is 2. The number of nitrogens with zero attached hydrogens (tertiary/aromatic N) is 4.